The SMILES string of the molecule is CC[C@H](C)NC(=O)[C@@H](C)N(Cc1ccc(C)cc1)C(=O)CN(c1ccccc1Cl)S(=O)(=O)c1ccccc1. The molecule has 0 radical (unpaired) electrons. The van der Waals surface area contributed by atoms with Gasteiger partial charge >= 0.3 is 0 Å². The molecule has 2 atom stereocenters. The molecule has 9 heteroatoms. The number of hydrogen-bond donors (Lipinski definition) is 1. The van der Waals surface area contributed by atoms with E-state index in [0.29, 0.717) is 0 Å². The predicted octanol–water partition coefficient (Wildman–Crippen LogP) is 5.18. The van der Waals surface area contributed by atoms with Gasteiger partial charge in [0.2, 0.25) is 11.8 Å². The second-order valence-corrected chi connectivity index (χ2v) is 11.5. The fraction of sp³-hybridized carbons (Fsp3) is 0.310. The lowest BCUT2D eigenvalue weighted by Gasteiger charge is -2.32. The van der Waals surface area contributed by atoms with Crippen molar-refractivity contribution in [2.45, 2.75) is 57.6 Å². The summed E-state index contributed by atoms with van der Waals surface area (Å²) in [6.45, 7) is 7.06. The number of rotatable bonds is 11. The molecule has 0 aliphatic heterocycles. The molecule has 202 valence electrons. The normalized spacial score (nSPS) is 12.9. The van der Waals surface area contributed by atoms with Gasteiger partial charge in [-0.15, -0.1) is 0 Å². The standard InChI is InChI=1S/C29H34ClN3O4S/c1-5-22(3)31-29(35)23(4)32(19-24-17-15-21(2)16-18-24)28(34)20-33(27-14-10-9-13-26(27)30)38(36,37)25-11-7-6-8-12-25/h6-18,22-23H,5,19-20H2,1-4H3,(H,31,35)/t22-,23+/m0/s1. The Bertz CT molecular complexity index is 1350. The number of carbonyl (C=O) groups excluding carboxylic acids is 2. The van der Waals surface area contributed by atoms with Crippen LogP contribution in [-0.2, 0) is 26.2 Å². The highest BCUT2D eigenvalue weighted by Gasteiger charge is 2.33. The van der Waals surface area contributed by atoms with Gasteiger partial charge < -0.3 is 10.2 Å². The molecule has 0 saturated carbocycles. The van der Waals surface area contributed by atoms with Crippen LogP contribution in [0.5, 0.6) is 0 Å². The molecule has 0 fully saturated rings. The van der Waals surface area contributed by atoms with E-state index in [2.05, 4.69) is 5.32 Å². The number of hydrogen-bond acceptors (Lipinski definition) is 4. The van der Waals surface area contributed by atoms with E-state index in [1.807, 2.05) is 45.0 Å². The molecular weight excluding hydrogens is 522 g/mol. The lowest BCUT2D eigenvalue weighted by Crippen LogP contribution is -2.52. The number of halogens is 1. The topological polar surface area (TPSA) is 86.8 Å². The Morgan fingerprint density at radius 2 is 1.53 bits per heavy atom. The number of carbonyl (C=O) groups is 2. The number of nitrogens with zero attached hydrogens (tertiary/aromatic N) is 2. The molecule has 7 nitrogen and oxygen atoms in total. The highest BCUT2D eigenvalue weighted by Crippen LogP contribution is 2.30. The Morgan fingerprint density at radius 3 is 2.13 bits per heavy atom. The molecule has 38 heavy (non-hydrogen) atoms. The summed E-state index contributed by atoms with van der Waals surface area (Å²) in [5.41, 5.74) is 2.06. The average Bonchev–Trinajstić information content (AvgIpc) is 2.91. The van der Waals surface area contributed by atoms with Crippen LogP contribution in [0.15, 0.2) is 83.8 Å². The zero-order valence-electron chi connectivity index (χ0n) is 22.1. The van der Waals surface area contributed by atoms with Crippen LogP contribution >= 0.6 is 11.6 Å². The molecule has 3 rings (SSSR count). The number of aryl methyl sites for hydroxylation is 1. The summed E-state index contributed by atoms with van der Waals surface area (Å²) in [5, 5.41) is 3.11. The molecule has 0 aliphatic carbocycles. The van der Waals surface area contributed by atoms with Gasteiger partial charge in [-0.3, -0.25) is 13.9 Å². The van der Waals surface area contributed by atoms with Gasteiger partial charge in [-0.25, -0.2) is 8.42 Å². The first kappa shape index (κ1) is 29.2. The largest absolute Gasteiger partial charge is 0.352 e. The highest BCUT2D eigenvalue weighted by molar-refractivity contribution is 7.92. The van der Waals surface area contributed by atoms with Crippen molar-refractivity contribution in [3.05, 3.63) is 95.0 Å². The van der Waals surface area contributed by atoms with Gasteiger partial charge in [-0.05, 0) is 57.0 Å². The third kappa shape index (κ3) is 7.14. The fourth-order valence-electron chi connectivity index (χ4n) is 3.83. The molecule has 0 aliphatic rings. The van der Waals surface area contributed by atoms with E-state index in [1.54, 1.807) is 49.4 Å². The van der Waals surface area contributed by atoms with E-state index in [1.165, 1.54) is 17.0 Å². The van der Waals surface area contributed by atoms with Crippen molar-refractivity contribution in [1.82, 2.24) is 10.2 Å². The summed E-state index contributed by atoms with van der Waals surface area (Å²) < 4.78 is 28.5. The highest BCUT2D eigenvalue weighted by atomic mass is 35.5. The van der Waals surface area contributed by atoms with Crippen LogP contribution in [-0.4, -0.2) is 43.8 Å². The average molecular weight is 556 g/mol. The maximum absolute atomic E-state index is 13.9. The van der Waals surface area contributed by atoms with E-state index < -0.39 is 28.5 Å². The van der Waals surface area contributed by atoms with Crippen molar-refractivity contribution in [3.63, 3.8) is 0 Å². The minimum absolute atomic E-state index is 0.0281. The Hall–Kier alpha value is -3.36. The summed E-state index contributed by atoms with van der Waals surface area (Å²) in [6, 6.07) is 21.1. The van der Waals surface area contributed by atoms with Gasteiger partial charge in [0, 0.05) is 12.6 Å². The number of para-hydroxylation sites is 1. The van der Waals surface area contributed by atoms with Gasteiger partial charge in [0.25, 0.3) is 10.0 Å². The third-order valence-corrected chi connectivity index (χ3v) is 8.47. The molecule has 2 amide bonds. The number of nitrogens with one attached hydrogen (secondary N) is 1. The number of benzene rings is 3. The Kier molecular flexibility index (Phi) is 9.94. The van der Waals surface area contributed by atoms with Gasteiger partial charge in [0.05, 0.1) is 15.6 Å². The van der Waals surface area contributed by atoms with Crippen LogP contribution < -0.4 is 9.62 Å². The first-order chi connectivity index (χ1) is 18.0. The first-order valence-corrected chi connectivity index (χ1v) is 14.3. The Labute approximate surface area is 230 Å². The molecule has 0 spiro atoms. The van der Waals surface area contributed by atoms with Crippen LogP contribution in [0.1, 0.15) is 38.3 Å². The van der Waals surface area contributed by atoms with Crippen molar-refractivity contribution < 1.29 is 18.0 Å². The number of anilines is 1. The summed E-state index contributed by atoms with van der Waals surface area (Å²) in [4.78, 5) is 28.4. The predicted molar refractivity (Wildman–Crippen MR) is 152 cm³/mol. The lowest BCUT2D eigenvalue weighted by molar-refractivity contribution is -0.139. The van der Waals surface area contributed by atoms with E-state index in [9.17, 15) is 18.0 Å². The van der Waals surface area contributed by atoms with E-state index in [0.717, 1.165) is 21.9 Å². The Balaban J connectivity index is 2.02. The number of sulfonamides is 1. The lowest BCUT2D eigenvalue weighted by atomic mass is 10.1. The number of amides is 2. The fourth-order valence-corrected chi connectivity index (χ4v) is 5.57. The molecule has 0 saturated heterocycles. The summed E-state index contributed by atoms with van der Waals surface area (Å²) in [7, 11) is -4.15. The van der Waals surface area contributed by atoms with Crippen LogP contribution in [0.3, 0.4) is 0 Å². The quantitative estimate of drug-likeness (QED) is 0.353. The molecule has 0 unspecified atom stereocenters. The zero-order valence-corrected chi connectivity index (χ0v) is 23.7. The molecule has 0 bridgehead atoms. The second kappa shape index (κ2) is 12.9. The van der Waals surface area contributed by atoms with Gasteiger partial charge in [-0.1, -0.05) is 78.7 Å². The minimum Gasteiger partial charge on any atom is -0.352 e. The maximum atomic E-state index is 13.9. The summed E-state index contributed by atoms with van der Waals surface area (Å²) >= 11 is 6.41. The third-order valence-electron chi connectivity index (χ3n) is 6.37. The molecular formula is C29H34ClN3O4S. The minimum atomic E-state index is -4.15. The van der Waals surface area contributed by atoms with Crippen LogP contribution in [0.2, 0.25) is 5.02 Å². The van der Waals surface area contributed by atoms with Gasteiger partial charge in [0.15, 0.2) is 0 Å². The van der Waals surface area contributed by atoms with Crippen molar-refractivity contribution in [2.24, 2.45) is 0 Å². The summed E-state index contributed by atoms with van der Waals surface area (Å²) in [5.74, 6) is -0.841. The van der Waals surface area contributed by atoms with E-state index in [-0.39, 0.29) is 34.1 Å². The molecule has 3 aromatic carbocycles. The monoisotopic (exact) mass is 555 g/mol. The van der Waals surface area contributed by atoms with Crippen molar-refractivity contribution in [1.29, 1.82) is 0 Å². The van der Waals surface area contributed by atoms with E-state index in [4.69, 9.17) is 11.6 Å². The van der Waals surface area contributed by atoms with Crippen molar-refractivity contribution >= 4 is 39.1 Å². The van der Waals surface area contributed by atoms with Crippen LogP contribution in [0.25, 0.3) is 0 Å². The van der Waals surface area contributed by atoms with Crippen LogP contribution in [0.4, 0.5) is 5.69 Å². The van der Waals surface area contributed by atoms with Crippen LogP contribution in [0, 0.1) is 6.92 Å². The summed E-state index contributed by atoms with van der Waals surface area (Å²) in [6.07, 6.45) is 0.736. The van der Waals surface area contributed by atoms with Crippen molar-refractivity contribution in [3.8, 4) is 0 Å². The molecule has 0 heterocycles. The molecule has 1 N–H and O–H groups in total. The zero-order chi connectivity index (χ0) is 27.9. The maximum Gasteiger partial charge on any atom is 0.264 e. The van der Waals surface area contributed by atoms with Gasteiger partial charge in [0.1, 0.15) is 12.6 Å². The van der Waals surface area contributed by atoms with E-state index >= 15 is 0 Å². The van der Waals surface area contributed by atoms with Gasteiger partial charge in [-0.2, -0.15) is 0 Å². The Morgan fingerprint density at radius 1 is 0.921 bits per heavy atom. The molecule has 0 aromatic heterocycles. The second-order valence-electron chi connectivity index (χ2n) is 9.28. The molecule has 3 aromatic rings. The smallest absolute Gasteiger partial charge is 0.264 e. The first-order valence-electron chi connectivity index (χ1n) is 12.5. The van der Waals surface area contributed by atoms with Crippen molar-refractivity contribution in [2.75, 3.05) is 10.8 Å².